The fraction of sp³-hybridized carbons (Fsp3) is 0.562. The van der Waals surface area contributed by atoms with Crippen molar-refractivity contribution in [3.8, 4) is 0 Å². The van der Waals surface area contributed by atoms with Crippen molar-refractivity contribution in [2.45, 2.75) is 51.1 Å². The maximum atomic E-state index is 11.7. The second kappa shape index (κ2) is 6.27. The second-order valence-electron chi connectivity index (χ2n) is 5.71. The van der Waals surface area contributed by atoms with Gasteiger partial charge in [0.15, 0.2) is 0 Å². The summed E-state index contributed by atoms with van der Waals surface area (Å²) in [7, 11) is 0. The highest BCUT2D eigenvalue weighted by Gasteiger charge is 2.44. The van der Waals surface area contributed by atoms with Crippen LogP contribution in [0.3, 0.4) is 0 Å². The summed E-state index contributed by atoms with van der Waals surface area (Å²) in [5.74, 6) is -0.701. The van der Waals surface area contributed by atoms with Gasteiger partial charge in [-0.3, -0.25) is 9.69 Å². The minimum atomic E-state index is -0.744. The predicted molar refractivity (Wildman–Crippen MR) is 83.8 cm³/mol. The number of piperidine rings is 1. The van der Waals surface area contributed by atoms with Crippen molar-refractivity contribution in [2.75, 3.05) is 6.54 Å². The highest BCUT2D eigenvalue weighted by atomic mass is 79.9. The van der Waals surface area contributed by atoms with E-state index in [9.17, 15) is 9.90 Å². The van der Waals surface area contributed by atoms with Crippen LogP contribution >= 0.6 is 15.9 Å². The number of nitrogens with zero attached hydrogens (tertiary/aromatic N) is 1. The van der Waals surface area contributed by atoms with E-state index in [2.05, 4.69) is 39.9 Å². The van der Waals surface area contributed by atoms with Crippen molar-refractivity contribution >= 4 is 21.9 Å². The van der Waals surface area contributed by atoms with Gasteiger partial charge < -0.3 is 5.11 Å². The highest BCUT2D eigenvalue weighted by molar-refractivity contribution is 9.10. The first kappa shape index (κ1) is 15.5. The fourth-order valence-electron chi connectivity index (χ4n) is 3.19. The van der Waals surface area contributed by atoms with Crippen LogP contribution in [0, 0.1) is 0 Å². The summed E-state index contributed by atoms with van der Waals surface area (Å²) in [6, 6.07) is 8.41. The van der Waals surface area contributed by atoms with Gasteiger partial charge in [-0.15, -0.1) is 0 Å². The normalized spacial score (nSPS) is 25.4. The molecule has 2 rings (SSSR count). The number of aliphatic carboxylic acids is 1. The van der Waals surface area contributed by atoms with Crippen molar-refractivity contribution in [1.29, 1.82) is 0 Å². The number of hydrogen-bond acceptors (Lipinski definition) is 2. The van der Waals surface area contributed by atoms with E-state index in [0.29, 0.717) is 0 Å². The topological polar surface area (TPSA) is 40.5 Å². The van der Waals surface area contributed by atoms with Gasteiger partial charge in [0.2, 0.25) is 0 Å². The van der Waals surface area contributed by atoms with E-state index in [4.69, 9.17) is 0 Å². The van der Waals surface area contributed by atoms with Crippen LogP contribution in [-0.2, 0) is 4.79 Å². The third-order valence-corrected chi connectivity index (χ3v) is 4.95. The van der Waals surface area contributed by atoms with Gasteiger partial charge in [-0.05, 0) is 56.8 Å². The molecule has 110 valence electrons. The molecular weight excluding hydrogens is 318 g/mol. The molecule has 1 aliphatic rings. The van der Waals surface area contributed by atoms with Gasteiger partial charge in [0.25, 0.3) is 0 Å². The zero-order chi connectivity index (χ0) is 14.8. The Kier molecular flexibility index (Phi) is 4.86. The molecule has 0 aliphatic carbocycles. The lowest BCUT2D eigenvalue weighted by atomic mass is 9.85. The Morgan fingerprint density at radius 1 is 1.40 bits per heavy atom. The molecule has 1 fully saturated rings. The van der Waals surface area contributed by atoms with Gasteiger partial charge in [-0.1, -0.05) is 35.0 Å². The summed E-state index contributed by atoms with van der Waals surface area (Å²) < 4.78 is 1.05. The van der Waals surface area contributed by atoms with Gasteiger partial charge in [0.1, 0.15) is 5.54 Å². The molecule has 1 aromatic rings. The molecule has 4 heteroatoms. The van der Waals surface area contributed by atoms with Crippen molar-refractivity contribution in [2.24, 2.45) is 0 Å². The largest absolute Gasteiger partial charge is 0.480 e. The number of hydrogen-bond donors (Lipinski definition) is 1. The first-order valence-electron chi connectivity index (χ1n) is 7.24. The van der Waals surface area contributed by atoms with E-state index in [1.807, 2.05) is 19.1 Å². The second-order valence-corrected chi connectivity index (χ2v) is 6.62. The minimum Gasteiger partial charge on any atom is -0.480 e. The number of carbonyl (C=O) groups is 1. The molecule has 20 heavy (non-hydrogen) atoms. The van der Waals surface area contributed by atoms with Crippen molar-refractivity contribution in [1.82, 2.24) is 4.90 Å². The molecule has 0 saturated carbocycles. The van der Waals surface area contributed by atoms with Gasteiger partial charge in [-0.25, -0.2) is 0 Å². The monoisotopic (exact) mass is 339 g/mol. The first-order chi connectivity index (χ1) is 9.49. The summed E-state index contributed by atoms with van der Waals surface area (Å²) in [6.07, 6.45) is 3.73. The number of likely N-dealkylation sites (tertiary alicyclic amines) is 1. The van der Waals surface area contributed by atoms with Crippen molar-refractivity contribution in [3.05, 3.63) is 34.3 Å². The molecule has 2 unspecified atom stereocenters. The minimum absolute atomic E-state index is 0.171. The number of carboxylic acid groups (broad SMARTS) is 1. The Bertz CT molecular complexity index is 474. The third kappa shape index (κ3) is 2.91. The summed E-state index contributed by atoms with van der Waals surface area (Å²) in [5.41, 5.74) is 0.455. The third-order valence-electron chi connectivity index (χ3n) is 4.42. The van der Waals surface area contributed by atoms with Crippen LogP contribution in [0.15, 0.2) is 28.7 Å². The van der Waals surface area contributed by atoms with Gasteiger partial charge in [0.05, 0.1) is 0 Å². The van der Waals surface area contributed by atoms with Crippen LogP contribution in [-0.4, -0.2) is 28.1 Å². The average molecular weight is 340 g/mol. The molecular formula is C16H22BrNO2. The van der Waals surface area contributed by atoms with Crippen molar-refractivity contribution in [3.63, 3.8) is 0 Å². The van der Waals surface area contributed by atoms with Gasteiger partial charge >= 0.3 is 5.97 Å². The van der Waals surface area contributed by atoms with Crippen LogP contribution in [0.4, 0.5) is 0 Å². The van der Waals surface area contributed by atoms with Crippen LogP contribution in [0.1, 0.15) is 51.1 Å². The van der Waals surface area contributed by atoms with Gasteiger partial charge in [-0.2, -0.15) is 0 Å². The molecule has 2 atom stereocenters. The number of rotatable bonds is 4. The SMILES string of the molecule is CCC(c1ccc(Br)cc1)N1CCCCC1(C)C(=O)O. The first-order valence-corrected chi connectivity index (χ1v) is 8.04. The fourth-order valence-corrected chi connectivity index (χ4v) is 3.46. The molecule has 1 aromatic carbocycles. The van der Waals surface area contributed by atoms with Crippen LogP contribution in [0.2, 0.25) is 0 Å². The molecule has 1 heterocycles. The Balaban J connectivity index is 2.33. The smallest absolute Gasteiger partial charge is 0.323 e. The van der Waals surface area contributed by atoms with E-state index < -0.39 is 11.5 Å². The van der Waals surface area contributed by atoms with E-state index in [1.54, 1.807) is 0 Å². The maximum absolute atomic E-state index is 11.7. The molecule has 0 amide bonds. The van der Waals surface area contributed by atoms with Crippen molar-refractivity contribution < 1.29 is 9.90 Å². The average Bonchev–Trinajstić information content (AvgIpc) is 2.43. The Labute approximate surface area is 129 Å². The molecule has 0 bridgehead atoms. The van der Waals surface area contributed by atoms with Gasteiger partial charge in [0, 0.05) is 10.5 Å². The van der Waals surface area contributed by atoms with Crippen LogP contribution in [0.5, 0.6) is 0 Å². The lowest BCUT2D eigenvalue weighted by Gasteiger charge is -2.46. The van der Waals surface area contributed by atoms with E-state index in [0.717, 1.165) is 36.7 Å². The lowest BCUT2D eigenvalue weighted by molar-refractivity contribution is -0.155. The molecule has 3 nitrogen and oxygen atoms in total. The quantitative estimate of drug-likeness (QED) is 0.892. The Morgan fingerprint density at radius 2 is 2.05 bits per heavy atom. The van der Waals surface area contributed by atoms with Crippen LogP contribution < -0.4 is 0 Å². The number of halogens is 1. The zero-order valence-electron chi connectivity index (χ0n) is 12.1. The van der Waals surface area contributed by atoms with Crippen LogP contribution in [0.25, 0.3) is 0 Å². The molecule has 1 saturated heterocycles. The summed E-state index contributed by atoms with van der Waals surface area (Å²) in [4.78, 5) is 13.9. The molecule has 1 N–H and O–H groups in total. The number of carboxylic acids is 1. The van der Waals surface area contributed by atoms with E-state index in [1.165, 1.54) is 5.56 Å². The Morgan fingerprint density at radius 3 is 2.60 bits per heavy atom. The molecule has 0 spiro atoms. The molecule has 0 aromatic heterocycles. The summed E-state index contributed by atoms with van der Waals surface area (Å²) in [5, 5.41) is 9.65. The standard InChI is InChI=1S/C16H22BrNO2/c1-3-14(12-6-8-13(17)9-7-12)18-11-5-4-10-16(18,2)15(19)20/h6-9,14H,3-5,10-11H2,1-2H3,(H,19,20). The van der Waals surface area contributed by atoms with E-state index in [-0.39, 0.29) is 6.04 Å². The van der Waals surface area contributed by atoms with E-state index >= 15 is 0 Å². The molecule has 1 aliphatic heterocycles. The summed E-state index contributed by atoms with van der Waals surface area (Å²) in [6.45, 7) is 4.86. The number of benzene rings is 1. The summed E-state index contributed by atoms with van der Waals surface area (Å²) >= 11 is 3.45. The highest BCUT2D eigenvalue weighted by Crippen LogP contribution is 2.37. The lowest BCUT2D eigenvalue weighted by Crippen LogP contribution is -2.56. The maximum Gasteiger partial charge on any atom is 0.323 e. The zero-order valence-corrected chi connectivity index (χ0v) is 13.7. The molecule has 0 radical (unpaired) electrons. The predicted octanol–water partition coefficient (Wildman–Crippen LogP) is 4.23. The Hall–Kier alpha value is -0.870.